The van der Waals surface area contributed by atoms with E-state index in [1.165, 1.54) is 19.2 Å². The largest absolute Gasteiger partial charge is 0.493 e. The third-order valence-electron chi connectivity index (χ3n) is 5.89. The van der Waals surface area contributed by atoms with Gasteiger partial charge in [-0.1, -0.05) is 61.9 Å². The Bertz CT molecular complexity index is 1140. The highest BCUT2D eigenvalue weighted by Crippen LogP contribution is 2.29. The van der Waals surface area contributed by atoms with E-state index in [9.17, 15) is 14.0 Å². The number of hydrogen-bond donors (Lipinski definition) is 1. The first-order valence-electron chi connectivity index (χ1n) is 12.0. The number of benzene rings is 3. The average molecular weight is 493 g/mol. The Morgan fingerprint density at radius 2 is 1.58 bits per heavy atom. The van der Waals surface area contributed by atoms with Crippen molar-refractivity contribution in [2.24, 2.45) is 0 Å². The fraction of sp³-hybridized carbons (Fsp3) is 0.310. The van der Waals surface area contributed by atoms with Crippen molar-refractivity contribution in [2.75, 3.05) is 20.8 Å². The van der Waals surface area contributed by atoms with Crippen LogP contribution in [0.1, 0.15) is 42.5 Å². The topological polar surface area (TPSA) is 67.9 Å². The van der Waals surface area contributed by atoms with E-state index in [2.05, 4.69) is 5.32 Å². The van der Waals surface area contributed by atoms with E-state index in [4.69, 9.17) is 9.47 Å². The predicted molar refractivity (Wildman–Crippen MR) is 137 cm³/mol. The van der Waals surface area contributed by atoms with E-state index in [1.807, 2.05) is 37.3 Å². The molecule has 3 rings (SSSR count). The van der Waals surface area contributed by atoms with Gasteiger partial charge in [-0.25, -0.2) is 4.39 Å². The minimum Gasteiger partial charge on any atom is -0.493 e. The summed E-state index contributed by atoms with van der Waals surface area (Å²) in [5.74, 6) is 0.224. The van der Waals surface area contributed by atoms with Gasteiger partial charge in [0.25, 0.3) is 0 Å². The van der Waals surface area contributed by atoms with Gasteiger partial charge in [-0.15, -0.1) is 0 Å². The molecule has 0 fully saturated rings. The Kier molecular flexibility index (Phi) is 9.86. The van der Waals surface area contributed by atoms with Crippen molar-refractivity contribution >= 4 is 11.8 Å². The van der Waals surface area contributed by atoms with Crippen LogP contribution >= 0.6 is 0 Å². The number of ether oxygens (including phenoxy) is 2. The number of hydrogen-bond acceptors (Lipinski definition) is 4. The summed E-state index contributed by atoms with van der Waals surface area (Å²) in [7, 11) is 3.09. The highest BCUT2D eigenvalue weighted by molar-refractivity contribution is 5.89. The number of amides is 2. The van der Waals surface area contributed by atoms with Crippen molar-refractivity contribution in [2.45, 2.75) is 38.8 Å². The summed E-state index contributed by atoms with van der Waals surface area (Å²) in [6.07, 6.45) is 1.83. The van der Waals surface area contributed by atoms with Gasteiger partial charge in [-0.2, -0.15) is 0 Å². The maximum atomic E-state index is 13.8. The van der Waals surface area contributed by atoms with Crippen LogP contribution in [0.2, 0.25) is 0 Å². The Hall–Kier alpha value is -3.87. The number of nitrogens with one attached hydrogen (secondary N) is 1. The molecule has 3 aromatic rings. The molecule has 0 aliphatic heterocycles. The Morgan fingerprint density at radius 3 is 2.22 bits per heavy atom. The Labute approximate surface area is 212 Å². The van der Waals surface area contributed by atoms with Gasteiger partial charge in [0.2, 0.25) is 11.8 Å². The monoisotopic (exact) mass is 492 g/mol. The molecule has 3 aromatic carbocycles. The lowest BCUT2D eigenvalue weighted by atomic mass is 10.0. The molecule has 0 aliphatic rings. The normalized spacial score (nSPS) is 11.4. The van der Waals surface area contributed by atoms with Gasteiger partial charge in [0.15, 0.2) is 11.5 Å². The lowest BCUT2D eigenvalue weighted by Gasteiger charge is -2.32. The fourth-order valence-electron chi connectivity index (χ4n) is 3.97. The van der Waals surface area contributed by atoms with Crippen molar-refractivity contribution < 1.29 is 23.5 Å². The second-order valence-electron chi connectivity index (χ2n) is 8.47. The predicted octanol–water partition coefficient (Wildman–Crippen LogP) is 5.07. The summed E-state index contributed by atoms with van der Waals surface area (Å²) in [6.45, 7) is 2.72. The molecule has 2 amide bonds. The molecule has 0 spiro atoms. The molecule has 190 valence electrons. The molecule has 0 saturated heterocycles. The van der Waals surface area contributed by atoms with E-state index in [0.29, 0.717) is 23.6 Å². The first kappa shape index (κ1) is 26.7. The van der Waals surface area contributed by atoms with Crippen LogP contribution in [0.5, 0.6) is 11.5 Å². The minimum atomic E-state index is -0.847. The molecule has 0 aromatic heterocycles. The van der Waals surface area contributed by atoms with Gasteiger partial charge in [-0.05, 0) is 47.4 Å². The molecule has 0 radical (unpaired) electrons. The van der Waals surface area contributed by atoms with E-state index in [-0.39, 0.29) is 30.6 Å². The van der Waals surface area contributed by atoms with E-state index in [1.54, 1.807) is 42.3 Å². The first-order chi connectivity index (χ1) is 17.5. The number of methoxy groups -OCH3 is 2. The van der Waals surface area contributed by atoms with Crippen LogP contribution in [0.4, 0.5) is 4.39 Å². The Morgan fingerprint density at radius 1 is 0.917 bits per heavy atom. The van der Waals surface area contributed by atoms with Crippen molar-refractivity contribution in [3.05, 3.63) is 95.3 Å². The minimum absolute atomic E-state index is 0.0487. The molecule has 0 heterocycles. The SMILES string of the molecule is CCCCNC(=O)C(c1ccccc1)N(Cc1ccc(F)cc1)C(=O)Cc1ccc(OC)c(OC)c1. The molecular weight excluding hydrogens is 459 g/mol. The van der Waals surface area contributed by atoms with Gasteiger partial charge in [0, 0.05) is 13.1 Å². The second kappa shape index (κ2) is 13.3. The summed E-state index contributed by atoms with van der Waals surface area (Å²) in [5.41, 5.74) is 2.15. The van der Waals surface area contributed by atoms with E-state index < -0.39 is 6.04 Å². The fourth-order valence-corrected chi connectivity index (χ4v) is 3.97. The van der Waals surface area contributed by atoms with Gasteiger partial charge < -0.3 is 19.7 Å². The molecular formula is C29H33FN2O4. The highest BCUT2D eigenvalue weighted by Gasteiger charge is 2.31. The molecule has 7 heteroatoms. The maximum absolute atomic E-state index is 13.8. The van der Waals surface area contributed by atoms with Crippen LogP contribution in [-0.2, 0) is 22.6 Å². The average Bonchev–Trinajstić information content (AvgIpc) is 2.90. The number of carbonyl (C=O) groups excluding carboxylic acids is 2. The lowest BCUT2D eigenvalue weighted by molar-refractivity contribution is -0.141. The quantitative estimate of drug-likeness (QED) is 0.359. The molecule has 36 heavy (non-hydrogen) atoms. The van der Waals surface area contributed by atoms with Crippen LogP contribution in [0.15, 0.2) is 72.8 Å². The smallest absolute Gasteiger partial charge is 0.247 e. The van der Waals surface area contributed by atoms with Gasteiger partial charge in [0.1, 0.15) is 11.9 Å². The van der Waals surface area contributed by atoms with E-state index >= 15 is 0 Å². The number of rotatable bonds is 12. The van der Waals surface area contributed by atoms with Crippen LogP contribution < -0.4 is 14.8 Å². The molecule has 1 atom stereocenters. The van der Waals surface area contributed by atoms with E-state index in [0.717, 1.165) is 24.0 Å². The summed E-state index contributed by atoms with van der Waals surface area (Å²) in [4.78, 5) is 28.8. The Balaban J connectivity index is 1.98. The number of halogens is 1. The van der Waals surface area contributed by atoms with Gasteiger partial charge in [0.05, 0.1) is 20.6 Å². The lowest BCUT2D eigenvalue weighted by Crippen LogP contribution is -2.44. The van der Waals surface area contributed by atoms with Crippen LogP contribution in [0, 0.1) is 5.82 Å². The molecule has 1 N–H and O–H groups in total. The summed E-state index contributed by atoms with van der Waals surface area (Å²) in [6, 6.07) is 19.6. The van der Waals surface area contributed by atoms with Crippen molar-refractivity contribution in [3.8, 4) is 11.5 Å². The number of unbranched alkanes of at least 4 members (excludes halogenated alkanes) is 1. The van der Waals surface area contributed by atoms with Crippen molar-refractivity contribution in [1.82, 2.24) is 10.2 Å². The third-order valence-corrected chi connectivity index (χ3v) is 5.89. The number of carbonyl (C=O) groups is 2. The summed E-state index contributed by atoms with van der Waals surface area (Å²) in [5, 5.41) is 2.98. The zero-order valence-corrected chi connectivity index (χ0v) is 21.0. The zero-order chi connectivity index (χ0) is 25.9. The standard InChI is InChI=1S/C29H33FN2O4/c1-4-5-17-31-29(34)28(23-9-7-6-8-10-23)32(20-21-11-14-24(30)15-12-21)27(33)19-22-13-16-25(35-2)26(18-22)36-3/h6-16,18,28H,4-5,17,19-20H2,1-3H3,(H,31,34). The molecule has 0 aliphatic carbocycles. The van der Waals surface area contributed by atoms with Crippen LogP contribution in [-0.4, -0.2) is 37.5 Å². The summed E-state index contributed by atoms with van der Waals surface area (Å²) >= 11 is 0. The van der Waals surface area contributed by atoms with Gasteiger partial charge >= 0.3 is 0 Å². The zero-order valence-electron chi connectivity index (χ0n) is 21.0. The molecule has 1 unspecified atom stereocenters. The molecule has 6 nitrogen and oxygen atoms in total. The van der Waals surface area contributed by atoms with Crippen molar-refractivity contribution in [3.63, 3.8) is 0 Å². The first-order valence-corrected chi connectivity index (χ1v) is 12.0. The maximum Gasteiger partial charge on any atom is 0.247 e. The van der Waals surface area contributed by atoms with Gasteiger partial charge in [-0.3, -0.25) is 9.59 Å². The summed E-state index contributed by atoms with van der Waals surface area (Å²) < 4.78 is 24.3. The second-order valence-corrected chi connectivity index (χ2v) is 8.47. The van der Waals surface area contributed by atoms with Crippen molar-refractivity contribution in [1.29, 1.82) is 0 Å². The van der Waals surface area contributed by atoms with Crippen LogP contribution in [0.25, 0.3) is 0 Å². The third kappa shape index (κ3) is 7.07. The van der Waals surface area contributed by atoms with Crippen LogP contribution in [0.3, 0.4) is 0 Å². The molecule has 0 bridgehead atoms. The highest BCUT2D eigenvalue weighted by atomic mass is 19.1. The molecule has 0 saturated carbocycles. The number of nitrogens with zero attached hydrogens (tertiary/aromatic N) is 1.